The number of aldehydes is 1. The van der Waals surface area contributed by atoms with Crippen molar-refractivity contribution in [2.45, 2.75) is 46.2 Å². The summed E-state index contributed by atoms with van der Waals surface area (Å²) in [5.74, 6) is -2.82. The number of hydrogen-bond donors (Lipinski definition) is 1. The van der Waals surface area contributed by atoms with Crippen LogP contribution in [0.5, 0.6) is 5.75 Å². The third-order valence-corrected chi connectivity index (χ3v) is 5.00. The molecule has 0 saturated carbocycles. The number of halogens is 2. The Bertz CT molecular complexity index is 929. The summed E-state index contributed by atoms with van der Waals surface area (Å²) in [7, 11) is 1.88. The second-order valence-corrected chi connectivity index (χ2v) is 7.68. The van der Waals surface area contributed by atoms with Crippen LogP contribution in [-0.4, -0.2) is 48.2 Å². The van der Waals surface area contributed by atoms with Crippen LogP contribution in [0.25, 0.3) is 0 Å². The predicted octanol–water partition coefficient (Wildman–Crippen LogP) is 4.18. The fourth-order valence-corrected chi connectivity index (χ4v) is 3.16. The maximum atomic E-state index is 13.1. The second kappa shape index (κ2) is 10.4. The molecule has 0 aliphatic carbocycles. The first kappa shape index (κ1) is 24.4. The Hall–Kier alpha value is -2.87. The molecule has 1 atom stereocenters. The number of alkyl halides is 2. The van der Waals surface area contributed by atoms with E-state index in [1.54, 1.807) is 19.1 Å². The van der Waals surface area contributed by atoms with E-state index in [2.05, 4.69) is 10.3 Å². The molecule has 0 spiro atoms. The van der Waals surface area contributed by atoms with Crippen LogP contribution in [0.4, 0.5) is 8.78 Å². The highest BCUT2D eigenvalue weighted by molar-refractivity contribution is 5.96. The zero-order valence-electron chi connectivity index (χ0n) is 18.5. The van der Waals surface area contributed by atoms with E-state index in [4.69, 9.17) is 4.74 Å². The van der Waals surface area contributed by atoms with Gasteiger partial charge in [0.1, 0.15) is 11.4 Å². The van der Waals surface area contributed by atoms with E-state index in [0.29, 0.717) is 30.0 Å². The van der Waals surface area contributed by atoms with Gasteiger partial charge in [-0.2, -0.15) is 0 Å². The standard InChI is InChI=1S/C23H29F2N3O3/c1-6-26-22(30)21-19(18(13-29)9-10-27-21)12-28(5)16(3)17-7-8-20(15(2)11-17)31-14-23(4,24)25/h7-11,13,16H,6,12,14H2,1-5H3,(H,26,30). The molecule has 1 N–H and O–H groups in total. The topological polar surface area (TPSA) is 71.5 Å². The fourth-order valence-electron chi connectivity index (χ4n) is 3.16. The summed E-state index contributed by atoms with van der Waals surface area (Å²) in [6.45, 7) is 6.52. The predicted molar refractivity (Wildman–Crippen MR) is 115 cm³/mol. The van der Waals surface area contributed by atoms with Crippen molar-refractivity contribution in [2.24, 2.45) is 0 Å². The molecule has 0 aliphatic rings. The van der Waals surface area contributed by atoms with Crippen molar-refractivity contribution in [3.8, 4) is 5.75 Å². The van der Waals surface area contributed by atoms with Gasteiger partial charge in [-0.25, -0.2) is 8.78 Å². The Morgan fingerprint density at radius 1 is 1.35 bits per heavy atom. The van der Waals surface area contributed by atoms with Crippen LogP contribution in [-0.2, 0) is 6.54 Å². The minimum atomic E-state index is -2.90. The van der Waals surface area contributed by atoms with E-state index < -0.39 is 12.5 Å². The molecule has 31 heavy (non-hydrogen) atoms. The van der Waals surface area contributed by atoms with Crippen molar-refractivity contribution in [3.63, 3.8) is 0 Å². The number of pyridine rings is 1. The van der Waals surface area contributed by atoms with Gasteiger partial charge in [-0.1, -0.05) is 12.1 Å². The Morgan fingerprint density at radius 2 is 2.06 bits per heavy atom. The number of hydrogen-bond acceptors (Lipinski definition) is 5. The highest BCUT2D eigenvalue weighted by Crippen LogP contribution is 2.28. The number of aryl methyl sites for hydroxylation is 1. The normalized spacial score (nSPS) is 12.5. The zero-order valence-corrected chi connectivity index (χ0v) is 18.5. The number of nitrogens with zero attached hydrogens (tertiary/aromatic N) is 2. The lowest BCUT2D eigenvalue weighted by Crippen LogP contribution is -2.29. The number of carbonyl (C=O) groups is 2. The van der Waals surface area contributed by atoms with E-state index in [9.17, 15) is 18.4 Å². The molecule has 1 unspecified atom stereocenters. The molecule has 0 fully saturated rings. The van der Waals surface area contributed by atoms with Gasteiger partial charge in [-0.3, -0.25) is 19.5 Å². The molecule has 0 bridgehead atoms. The average molecular weight is 433 g/mol. The molecule has 1 amide bonds. The lowest BCUT2D eigenvalue weighted by Gasteiger charge is -2.27. The summed E-state index contributed by atoms with van der Waals surface area (Å²) < 4.78 is 31.4. The van der Waals surface area contributed by atoms with Gasteiger partial charge in [0, 0.05) is 43.4 Å². The fraction of sp³-hybridized carbons (Fsp3) is 0.435. The lowest BCUT2D eigenvalue weighted by atomic mass is 10.0. The molecule has 168 valence electrons. The number of nitrogens with one attached hydrogen (secondary N) is 1. The van der Waals surface area contributed by atoms with Crippen molar-refractivity contribution in [2.75, 3.05) is 20.2 Å². The number of rotatable bonds is 10. The smallest absolute Gasteiger partial charge is 0.278 e. The summed E-state index contributed by atoms with van der Waals surface area (Å²) in [6.07, 6.45) is 2.17. The largest absolute Gasteiger partial charge is 0.487 e. The molecule has 0 saturated heterocycles. The SMILES string of the molecule is CCNC(=O)c1nccc(C=O)c1CN(C)C(C)c1ccc(OCC(C)(F)F)c(C)c1. The molecule has 1 aromatic heterocycles. The Morgan fingerprint density at radius 3 is 2.65 bits per heavy atom. The highest BCUT2D eigenvalue weighted by Gasteiger charge is 2.23. The van der Waals surface area contributed by atoms with Crippen LogP contribution in [0.2, 0.25) is 0 Å². The van der Waals surface area contributed by atoms with E-state index in [1.165, 1.54) is 6.20 Å². The number of benzene rings is 1. The molecule has 0 aliphatic heterocycles. The average Bonchev–Trinajstić information content (AvgIpc) is 2.71. The Labute approximate surface area is 181 Å². The van der Waals surface area contributed by atoms with Crippen molar-refractivity contribution in [1.29, 1.82) is 0 Å². The van der Waals surface area contributed by atoms with E-state index in [0.717, 1.165) is 24.3 Å². The van der Waals surface area contributed by atoms with Gasteiger partial charge in [0.05, 0.1) is 0 Å². The lowest BCUT2D eigenvalue weighted by molar-refractivity contribution is -0.0231. The van der Waals surface area contributed by atoms with Gasteiger partial charge >= 0.3 is 0 Å². The molecule has 1 heterocycles. The molecule has 6 nitrogen and oxygen atoms in total. The maximum Gasteiger partial charge on any atom is 0.278 e. The van der Waals surface area contributed by atoms with Crippen molar-refractivity contribution < 1.29 is 23.1 Å². The van der Waals surface area contributed by atoms with Crippen LogP contribution >= 0.6 is 0 Å². The maximum absolute atomic E-state index is 13.1. The van der Waals surface area contributed by atoms with Crippen LogP contribution < -0.4 is 10.1 Å². The summed E-state index contributed by atoms with van der Waals surface area (Å²) >= 11 is 0. The number of aromatic nitrogens is 1. The van der Waals surface area contributed by atoms with Crippen LogP contribution in [0.3, 0.4) is 0 Å². The summed E-state index contributed by atoms with van der Waals surface area (Å²) in [5.41, 5.74) is 2.90. The van der Waals surface area contributed by atoms with Crippen molar-refractivity contribution in [1.82, 2.24) is 15.2 Å². The van der Waals surface area contributed by atoms with Gasteiger partial charge in [-0.05, 0) is 51.1 Å². The molecule has 2 rings (SSSR count). The van der Waals surface area contributed by atoms with Crippen molar-refractivity contribution in [3.05, 3.63) is 58.4 Å². The first-order valence-electron chi connectivity index (χ1n) is 10.1. The first-order valence-corrected chi connectivity index (χ1v) is 10.1. The number of carbonyl (C=O) groups excluding carboxylic acids is 2. The Balaban J connectivity index is 2.23. The number of amides is 1. The van der Waals surface area contributed by atoms with Gasteiger partial charge in [-0.15, -0.1) is 0 Å². The van der Waals surface area contributed by atoms with E-state index in [1.807, 2.05) is 37.9 Å². The quantitative estimate of drug-likeness (QED) is 0.569. The minimum absolute atomic E-state index is 0.0813. The molecule has 1 aromatic carbocycles. The molecular weight excluding hydrogens is 404 g/mol. The van der Waals surface area contributed by atoms with Gasteiger partial charge in [0.2, 0.25) is 0 Å². The molecular formula is C23H29F2N3O3. The van der Waals surface area contributed by atoms with Gasteiger partial charge < -0.3 is 10.1 Å². The monoisotopic (exact) mass is 433 g/mol. The van der Waals surface area contributed by atoms with Crippen LogP contribution in [0, 0.1) is 6.92 Å². The first-order chi connectivity index (χ1) is 14.6. The third-order valence-electron chi connectivity index (χ3n) is 5.00. The minimum Gasteiger partial charge on any atom is -0.487 e. The van der Waals surface area contributed by atoms with Gasteiger partial charge in [0.25, 0.3) is 11.8 Å². The third kappa shape index (κ3) is 6.55. The summed E-state index contributed by atoms with van der Waals surface area (Å²) in [4.78, 5) is 30.1. The highest BCUT2D eigenvalue weighted by atomic mass is 19.3. The zero-order chi connectivity index (χ0) is 23.2. The van der Waals surface area contributed by atoms with Crippen LogP contribution in [0.1, 0.15) is 64.3 Å². The second-order valence-electron chi connectivity index (χ2n) is 7.68. The van der Waals surface area contributed by atoms with Crippen LogP contribution in [0.15, 0.2) is 30.5 Å². The summed E-state index contributed by atoms with van der Waals surface area (Å²) in [5, 5.41) is 2.72. The molecule has 8 heteroatoms. The molecule has 2 aromatic rings. The van der Waals surface area contributed by atoms with Crippen molar-refractivity contribution >= 4 is 12.2 Å². The van der Waals surface area contributed by atoms with E-state index in [-0.39, 0.29) is 17.6 Å². The summed E-state index contributed by atoms with van der Waals surface area (Å²) in [6, 6.07) is 6.90. The number of ether oxygens (including phenoxy) is 1. The Kier molecular flexibility index (Phi) is 8.21. The van der Waals surface area contributed by atoms with Gasteiger partial charge in [0.15, 0.2) is 12.9 Å². The molecule has 0 radical (unpaired) electrons. The van der Waals surface area contributed by atoms with E-state index >= 15 is 0 Å².